The molecule has 1 aliphatic carbocycles. The van der Waals surface area contributed by atoms with E-state index in [9.17, 15) is 4.79 Å². The van der Waals surface area contributed by atoms with E-state index in [1.807, 2.05) is 0 Å². The molecule has 2 heterocycles. The number of rotatable bonds is 7. The van der Waals surface area contributed by atoms with Crippen LogP contribution >= 0.6 is 11.3 Å². The van der Waals surface area contributed by atoms with Crippen LogP contribution in [0.3, 0.4) is 0 Å². The molecule has 0 unspecified atom stereocenters. The standard InChI is InChI=1S/C15H15N5OS/c1-2-3-6-18-19-7-11-12(8-21)22-15-13(11)14(16-9-17-15)20-10-4-5-10/h2-3,6-10,18H,1,4-5H2,(H,16,17,20)/b6-3+,19-7-. The lowest BCUT2D eigenvalue weighted by molar-refractivity contribution is 0.112. The first-order valence-electron chi connectivity index (χ1n) is 6.89. The van der Waals surface area contributed by atoms with Gasteiger partial charge >= 0.3 is 0 Å². The highest BCUT2D eigenvalue weighted by atomic mass is 32.1. The quantitative estimate of drug-likeness (QED) is 0.355. The molecule has 1 aliphatic rings. The number of thiophene rings is 1. The predicted molar refractivity (Wildman–Crippen MR) is 89.5 cm³/mol. The van der Waals surface area contributed by atoms with Gasteiger partial charge in [-0.3, -0.25) is 10.2 Å². The molecule has 1 saturated carbocycles. The summed E-state index contributed by atoms with van der Waals surface area (Å²) in [5, 5.41) is 8.33. The molecule has 6 nitrogen and oxygen atoms in total. The maximum Gasteiger partial charge on any atom is 0.160 e. The second-order valence-electron chi connectivity index (χ2n) is 4.80. The van der Waals surface area contributed by atoms with Crippen molar-refractivity contribution in [2.24, 2.45) is 5.10 Å². The summed E-state index contributed by atoms with van der Waals surface area (Å²) in [4.78, 5) is 21.2. The number of aldehydes is 1. The van der Waals surface area contributed by atoms with E-state index in [-0.39, 0.29) is 0 Å². The van der Waals surface area contributed by atoms with Crippen LogP contribution in [0.2, 0.25) is 0 Å². The van der Waals surface area contributed by atoms with Crippen molar-refractivity contribution in [3.8, 4) is 0 Å². The minimum Gasteiger partial charge on any atom is -0.367 e. The Labute approximate surface area is 131 Å². The minimum absolute atomic E-state index is 0.469. The number of hydrogen-bond donors (Lipinski definition) is 2. The second-order valence-corrected chi connectivity index (χ2v) is 5.83. The molecule has 0 atom stereocenters. The normalized spacial score (nSPS) is 14.7. The van der Waals surface area contributed by atoms with E-state index >= 15 is 0 Å². The number of hydrogen-bond acceptors (Lipinski definition) is 7. The fourth-order valence-corrected chi connectivity index (χ4v) is 2.90. The number of carbonyl (C=O) groups is 1. The van der Waals surface area contributed by atoms with Gasteiger partial charge in [-0.15, -0.1) is 11.3 Å². The maximum absolute atomic E-state index is 11.3. The summed E-state index contributed by atoms with van der Waals surface area (Å²) in [5.74, 6) is 0.764. The lowest BCUT2D eigenvalue weighted by Crippen LogP contribution is -2.04. The molecule has 22 heavy (non-hydrogen) atoms. The molecule has 2 aromatic heterocycles. The van der Waals surface area contributed by atoms with Gasteiger partial charge in [0.05, 0.1) is 16.5 Å². The van der Waals surface area contributed by atoms with Crippen LogP contribution in [0.25, 0.3) is 10.2 Å². The van der Waals surface area contributed by atoms with E-state index < -0.39 is 0 Å². The van der Waals surface area contributed by atoms with Gasteiger partial charge in [0, 0.05) is 17.8 Å². The Morgan fingerprint density at radius 2 is 2.27 bits per heavy atom. The largest absolute Gasteiger partial charge is 0.367 e. The first-order valence-corrected chi connectivity index (χ1v) is 7.70. The number of allylic oxidation sites excluding steroid dienone is 2. The van der Waals surface area contributed by atoms with Crippen molar-refractivity contribution >= 4 is 39.9 Å². The SMILES string of the molecule is C=C/C=C/N/N=C\c1c(C=O)sc2ncnc(NC3CC3)c12. The van der Waals surface area contributed by atoms with E-state index in [2.05, 4.69) is 32.4 Å². The predicted octanol–water partition coefficient (Wildman–Crippen LogP) is 2.70. The Hall–Kier alpha value is -2.54. The third kappa shape index (κ3) is 3.04. The zero-order chi connectivity index (χ0) is 15.4. The molecule has 1 fully saturated rings. The van der Waals surface area contributed by atoms with E-state index in [1.165, 1.54) is 17.7 Å². The van der Waals surface area contributed by atoms with Crippen LogP contribution in [0.4, 0.5) is 5.82 Å². The number of fused-ring (bicyclic) bond motifs is 1. The summed E-state index contributed by atoms with van der Waals surface area (Å²) in [6.45, 7) is 3.57. The molecule has 0 saturated heterocycles. The number of nitrogens with zero attached hydrogens (tertiary/aromatic N) is 3. The van der Waals surface area contributed by atoms with Gasteiger partial charge in [0.25, 0.3) is 0 Å². The first-order chi connectivity index (χ1) is 10.8. The van der Waals surface area contributed by atoms with E-state index in [1.54, 1.807) is 24.6 Å². The minimum atomic E-state index is 0.469. The fraction of sp³-hybridized carbons (Fsp3) is 0.200. The third-order valence-corrected chi connectivity index (χ3v) is 4.19. The van der Waals surface area contributed by atoms with Gasteiger partial charge in [-0.1, -0.05) is 12.7 Å². The maximum atomic E-state index is 11.3. The van der Waals surface area contributed by atoms with Gasteiger partial charge in [0.2, 0.25) is 0 Å². The first kappa shape index (κ1) is 14.4. The number of carbonyl (C=O) groups excluding carboxylic acids is 1. The van der Waals surface area contributed by atoms with Crippen molar-refractivity contribution in [2.75, 3.05) is 5.32 Å². The van der Waals surface area contributed by atoms with Gasteiger partial charge in [0.15, 0.2) is 6.29 Å². The van der Waals surface area contributed by atoms with Crippen molar-refractivity contribution in [3.63, 3.8) is 0 Å². The highest BCUT2D eigenvalue weighted by molar-refractivity contribution is 7.20. The monoisotopic (exact) mass is 313 g/mol. The average Bonchev–Trinajstić information content (AvgIpc) is 3.27. The van der Waals surface area contributed by atoms with Crippen LogP contribution in [0.1, 0.15) is 28.1 Å². The molecule has 0 spiro atoms. The lowest BCUT2D eigenvalue weighted by Gasteiger charge is -2.05. The zero-order valence-electron chi connectivity index (χ0n) is 11.8. The molecule has 0 radical (unpaired) electrons. The van der Waals surface area contributed by atoms with Crippen LogP contribution in [0, 0.1) is 0 Å². The van der Waals surface area contributed by atoms with E-state index in [0.717, 1.165) is 40.7 Å². The molecule has 0 amide bonds. The zero-order valence-corrected chi connectivity index (χ0v) is 12.6. The van der Waals surface area contributed by atoms with Crippen molar-refractivity contribution in [2.45, 2.75) is 18.9 Å². The van der Waals surface area contributed by atoms with Crippen molar-refractivity contribution < 1.29 is 4.79 Å². The average molecular weight is 313 g/mol. The van der Waals surface area contributed by atoms with Crippen molar-refractivity contribution in [1.82, 2.24) is 15.4 Å². The summed E-state index contributed by atoms with van der Waals surface area (Å²) >= 11 is 1.34. The smallest absolute Gasteiger partial charge is 0.160 e. The van der Waals surface area contributed by atoms with Crippen LogP contribution in [-0.2, 0) is 0 Å². The van der Waals surface area contributed by atoms with Crippen LogP contribution in [0.5, 0.6) is 0 Å². The van der Waals surface area contributed by atoms with Crippen LogP contribution < -0.4 is 10.7 Å². The lowest BCUT2D eigenvalue weighted by atomic mass is 10.2. The van der Waals surface area contributed by atoms with E-state index in [0.29, 0.717) is 10.9 Å². The molecular formula is C15H15N5OS. The number of anilines is 1. The van der Waals surface area contributed by atoms with Gasteiger partial charge in [-0.05, 0) is 18.9 Å². The Balaban J connectivity index is 1.99. The summed E-state index contributed by atoms with van der Waals surface area (Å²) < 4.78 is 0. The summed E-state index contributed by atoms with van der Waals surface area (Å²) in [6, 6.07) is 0.469. The molecule has 0 aliphatic heterocycles. The fourth-order valence-electron chi connectivity index (χ4n) is 1.97. The summed E-state index contributed by atoms with van der Waals surface area (Å²) in [7, 11) is 0. The van der Waals surface area contributed by atoms with E-state index in [4.69, 9.17) is 0 Å². The summed E-state index contributed by atoms with van der Waals surface area (Å²) in [6.07, 6.45) is 11.3. The van der Waals surface area contributed by atoms with Gasteiger partial charge in [-0.25, -0.2) is 9.97 Å². The molecule has 112 valence electrons. The Morgan fingerprint density at radius 3 is 3.00 bits per heavy atom. The molecule has 2 aromatic rings. The molecule has 2 N–H and O–H groups in total. The molecule has 7 heteroatoms. The van der Waals surface area contributed by atoms with Crippen molar-refractivity contribution in [1.29, 1.82) is 0 Å². The topological polar surface area (TPSA) is 79.3 Å². The van der Waals surface area contributed by atoms with Crippen LogP contribution in [0.15, 0.2) is 36.4 Å². The molecular weight excluding hydrogens is 298 g/mol. The molecule has 0 bridgehead atoms. The molecule has 3 rings (SSSR count). The van der Waals surface area contributed by atoms with Gasteiger partial charge < -0.3 is 5.32 Å². The van der Waals surface area contributed by atoms with Gasteiger partial charge in [-0.2, -0.15) is 5.10 Å². The van der Waals surface area contributed by atoms with Crippen molar-refractivity contribution in [3.05, 3.63) is 41.7 Å². The Bertz CT molecular complexity index is 761. The molecule has 0 aromatic carbocycles. The third-order valence-electron chi connectivity index (χ3n) is 3.15. The second kappa shape index (κ2) is 6.48. The number of aromatic nitrogens is 2. The Morgan fingerprint density at radius 1 is 1.41 bits per heavy atom. The van der Waals surface area contributed by atoms with Gasteiger partial charge in [0.1, 0.15) is 17.0 Å². The number of hydrazone groups is 1. The Kier molecular flexibility index (Phi) is 4.24. The summed E-state index contributed by atoms with van der Waals surface area (Å²) in [5.41, 5.74) is 3.49. The highest BCUT2D eigenvalue weighted by Crippen LogP contribution is 2.34. The number of nitrogens with one attached hydrogen (secondary N) is 2. The highest BCUT2D eigenvalue weighted by Gasteiger charge is 2.24. The van der Waals surface area contributed by atoms with Crippen LogP contribution in [-0.4, -0.2) is 28.5 Å².